The number of ketones is 1. The summed E-state index contributed by atoms with van der Waals surface area (Å²) in [5, 5.41) is 27.6. The van der Waals surface area contributed by atoms with Crippen LogP contribution in [0.15, 0.2) is 0 Å². The summed E-state index contributed by atoms with van der Waals surface area (Å²) in [5.41, 5.74) is 0. The van der Waals surface area contributed by atoms with Gasteiger partial charge >= 0.3 is 24.0 Å². The van der Waals surface area contributed by atoms with E-state index in [0.717, 1.165) is 0 Å². The highest BCUT2D eigenvalue weighted by molar-refractivity contribution is 5.92. The molecule has 16 nitrogen and oxygen atoms in total. The number of aliphatic carboxylic acids is 1. The van der Waals surface area contributed by atoms with Gasteiger partial charge in [0.25, 0.3) is 0 Å². The Labute approximate surface area is 207 Å². The third kappa shape index (κ3) is 12.5. The number of ether oxygens (including phenoxy) is 1. The normalized spacial score (nSPS) is 18.9. The SMILES string of the molecule is CC(=O)C(CC(=O)O)NC(=O)CNC(=O)N(C)C.CN(C)C(=O)NCC(=O)NC1CC(=O)OC1(C)O. The van der Waals surface area contributed by atoms with Crippen LogP contribution in [0.25, 0.3) is 0 Å². The number of carboxylic acid groups (broad SMARTS) is 1. The Hall–Kier alpha value is -3.95. The van der Waals surface area contributed by atoms with Crippen LogP contribution in [0.4, 0.5) is 9.59 Å². The first-order chi connectivity index (χ1) is 16.5. The van der Waals surface area contributed by atoms with Gasteiger partial charge in [-0.1, -0.05) is 0 Å². The summed E-state index contributed by atoms with van der Waals surface area (Å²) < 4.78 is 4.63. The predicted octanol–water partition coefficient (Wildman–Crippen LogP) is -2.80. The quantitative estimate of drug-likeness (QED) is 0.172. The number of hydrogen-bond acceptors (Lipinski definition) is 9. The second-order valence-electron chi connectivity index (χ2n) is 8.29. The van der Waals surface area contributed by atoms with Gasteiger partial charge in [0.1, 0.15) is 6.04 Å². The zero-order valence-electron chi connectivity index (χ0n) is 21.0. The first kappa shape index (κ1) is 32.0. The number of nitrogens with one attached hydrogen (secondary N) is 4. The number of carboxylic acids is 1. The van der Waals surface area contributed by atoms with Crippen LogP contribution in [0.2, 0.25) is 0 Å². The van der Waals surface area contributed by atoms with E-state index in [1.165, 1.54) is 37.7 Å². The van der Waals surface area contributed by atoms with Crippen LogP contribution < -0.4 is 21.3 Å². The van der Waals surface area contributed by atoms with Gasteiger partial charge in [0, 0.05) is 35.1 Å². The Morgan fingerprint density at radius 1 is 1.00 bits per heavy atom. The number of carbonyl (C=O) groups is 7. The van der Waals surface area contributed by atoms with Gasteiger partial charge in [0.05, 0.1) is 32.0 Å². The maximum absolute atomic E-state index is 11.5. The van der Waals surface area contributed by atoms with Gasteiger partial charge < -0.3 is 46.0 Å². The second-order valence-corrected chi connectivity index (χ2v) is 8.29. The molecule has 1 rings (SSSR count). The average molecular weight is 519 g/mol. The second kappa shape index (κ2) is 14.4. The molecular formula is C20H34N6O10. The van der Waals surface area contributed by atoms with Crippen LogP contribution in [0.1, 0.15) is 26.7 Å². The van der Waals surface area contributed by atoms with Gasteiger partial charge in [-0.2, -0.15) is 0 Å². The molecule has 0 saturated carbocycles. The van der Waals surface area contributed by atoms with Crippen molar-refractivity contribution in [1.29, 1.82) is 0 Å². The number of cyclic esters (lactones) is 1. The third-order valence-electron chi connectivity index (χ3n) is 4.49. The van der Waals surface area contributed by atoms with Gasteiger partial charge in [0.15, 0.2) is 5.78 Å². The monoisotopic (exact) mass is 518 g/mol. The number of aliphatic hydroxyl groups is 1. The summed E-state index contributed by atoms with van der Waals surface area (Å²) in [7, 11) is 6.11. The molecule has 1 aliphatic heterocycles. The molecule has 0 bridgehead atoms. The lowest BCUT2D eigenvalue weighted by molar-refractivity contribution is -0.187. The van der Waals surface area contributed by atoms with Gasteiger partial charge in [-0.3, -0.25) is 24.0 Å². The van der Waals surface area contributed by atoms with Crippen molar-refractivity contribution < 1.29 is 48.5 Å². The van der Waals surface area contributed by atoms with Crippen molar-refractivity contribution in [3.05, 3.63) is 0 Å². The molecule has 6 N–H and O–H groups in total. The number of nitrogens with zero attached hydrogens (tertiary/aromatic N) is 2. The molecule has 1 fully saturated rings. The molecule has 1 saturated heterocycles. The Balaban J connectivity index is 0.000000681. The van der Waals surface area contributed by atoms with E-state index in [1.54, 1.807) is 14.1 Å². The number of amides is 6. The maximum Gasteiger partial charge on any atom is 0.317 e. The molecule has 0 spiro atoms. The van der Waals surface area contributed by atoms with Crippen LogP contribution in [0.3, 0.4) is 0 Å². The van der Waals surface area contributed by atoms with E-state index in [9.17, 15) is 38.7 Å². The molecule has 36 heavy (non-hydrogen) atoms. The van der Waals surface area contributed by atoms with E-state index in [1.807, 2.05) is 0 Å². The summed E-state index contributed by atoms with van der Waals surface area (Å²) in [6, 6.07) is -2.75. The topological polar surface area (TPSA) is 224 Å². The highest BCUT2D eigenvalue weighted by atomic mass is 16.7. The molecule has 16 heteroatoms. The predicted molar refractivity (Wildman–Crippen MR) is 122 cm³/mol. The number of urea groups is 2. The highest BCUT2D eigenvalue weighted by Crippen LogP contribution is 2.23. The smallest absolute Gasteiger partial charge is 0.317 e. The first-order valence-electron chi connectivity index (χ1n) is 10.6. The summed E-state index contributed by atoms with van der Waals surface area (Å²) >= 11 is 0. The minimum absolute atomic E-state index is 0.0969. The van der Waals surface area contributed by atoms with E-state index >= 15 is 0 Å². The molecule has 0 aromatic rings. The van der Waals surface area contributed by atoms with Crippen molar-refractivity contribution in [1.82, 2.24) is 31.1 Å². The van der Waals surface area contributed by atoms with Gasteiger partial charge in [-0.25, -0.2) is 9.59 Å². The molecule has 0 radical (unpaired) electrons. The number of carbonyl (C=O) groups excluding carboxylic acids is 6. The summed E-state index contributed by atoms with van der Waals surface area (Å²) in [5.74, 6) is -5.06. The summed E-state index contributed by atoms with van der Waals surface area (Å²) in [6.45, 7) is 1.92. The molecule has 0 aromatic carbocycles. The number of esters is 1. The number of Topliss-reactive ketones (excluding diaryl/α,β-unsaturated/α-hetero) is 1. The zero-order chi connectivity index (χ0) is 28.2. The Morgan fingerprint density at radius 3 is 1.83 bits per heavy atom. The molecule has 0 aromatic heterocycles. The largest absolute Gasteiger partial charge is 0.481 e. The van der Waals surface area contributed by atoms with E-state index in [0.29, 0.717) is 0 Å². The van der Waals surface area contributed by atoms with Crippen LogP contribution in [-0.4, -0.2) is 121 Å². The van der Waals surface area contributed by atoms with Gasteiger partial charge in [-0.05, 0) is 6.92 Å². The fourth-order valence-corrected chi connectivity index (χ4v) is 2.47. The van der Waals surface area contributed by atoms with Gasteiger partial charge in [-0.15, -0.1) is 0 Å². The number of rotatable bonds is 9. The highest BCUT2D eigenvalue weighted by Gasteiger charge is 2.44. The average Bonchev–Trinajstić information content (AvgIpc) is 3.00. The van der Waals surface area contributed by atoms with Crippen molar-refractivity contribution >= 4 is 41.6 Å². The molecule has 204 valence electrons. The maximum atomic E-state index is 11.5. The first-order valence-corrected chi connectivity index (χ1v) is 10.6. The molecule has 3 atom stereocenters. The summed E-state index contributed by atoms with van der Waals surface area (Å²) in [4.78, 5) is 80.2. The van der Waals surface area contributed by atoms with Crippen LogP contribution in [0, 0.1) is 0 Å². The van der Waals surface area contributed by atoms with E-state index in [-0.39, 0.29) is 19.5 Å². The molecule has 1 heterocycles. The Morgan fingerprint density at radius 2 is 1.47 bits per heavy atom. The lowest BCUT2D eigenvalue weighted by atomic mass is 10.1. The third-order valence-corrected chi connectivity index (χ3v) is 4.49. The molecule has 3 unspecified atom stereocenters. The molecule has 6 amide bonds. The fraction of sp³-hybridized carbons (Fsp3) is 0.650. The number of hydrogen-bond donors (Lipinski definition) is 6. The van der Waals surface area contributed by atoms with Crippen LogP contribution >= 0.6 is 0 Å². The minimum atomic E-state index is -1.71. The van der Waals surface area contributed by atoms with Crippen molar-refractivity contribution in [3.63, 3.8) is 0 Å². The van der Waals surface area contributed by atoms with E-state index < -0.39 is 65.9 Å². The van der Waals surface area contributed by atoms with Crippen LogP contribution in [-0.2, 0) is 28.7 Å². The zero-order valence-corrected chi connectivity index (χ0v) is 21.0. The van der Waals surface area contributed by atoms with Crippen molar-refractivity contribution in [2.75, 3.05) is 41.3 Å². The Bertz CT molecular complexity index is 858. The lowest BCUT2D eigenvalue weighted by Gasteiger charge is -2.23. The molecule has 1 aliphatic rings. The van der Waals surface area contributed by atoms with E-state index in [4.69, 9.17) is 5.11 Å². The Kier molecular flexibility index (Phi) is 12.9. The van der Waals surface area contributed by atoms with Crippen molar-refractivity contribution in [2.24, 2.45) is 0 Å². The van der Waals surface area contributed by atoms with E-state index in [2.05, 4.69) is 26.0 Å². The van der Waals surface area contributed by atoms with Crippen molar-refractivity contribution in [3.8, 4) is 0 Å². The fourth-order valence-electron chi connectivity index (χ4n) is 2.47. The van der Waals surface area contributed by atoms with Crippen LogP contribution in [0.5, 0.6) is 0 Å². The minimum Gasteiger partial charge on any atom is -0.481 e. The van der Waals surface area contributed by atoms with Gasteiger partial charge in [0.2, 0.25) is 17.6 Å². The lowest BCUT2D eigenvalue weighted by Crippen LogP contribution is -2.51. The summed E-state index contributed by atoms with van der Waals surface area (Å²) in [6.07, 6.45) is -0.580. The van der Waals surface area contributed by atoms with Crippen molar-refractivity contribution in [2.45, 2.75) is 44.6 Å². The molecular weight excluding hydrogens is 484 g/mol. The molecule has 0 aliphatic carbocycles. The standard InChI is InChI=1S/2C10H17N3O5/c1-10(17)6(4-8(15)18-10)12-7(14)5-11-9(16)13(2)3;1-6(14)7(4-9(16)17)12-8(15)5-11-10(18)13(2)3/h6,17H,4-5H2,1-3H3,(H,11,16)(H,12,14);7H,4-5H2,1-3H3,(H,11,18)(H,12,15)(H,16,17).